The largest absolute Gasteiger partial charge is 0.493 e. The number of allylic oxidation sites excluding steroid dienone is 2. The quantitative estimate of drug-likeness (QED) is 0.236. The number of hydrogen-bond acceptors (Lipinski definition) is 7. The minimum atomic E-state index is -0.770. The highest BCUT2D eigenvalue weighted by atomic mass is 16.7. The highest BCUT2D eigenvalue weighted by Gasteiger charge is 2.32. The van der Waals surface area contributed by atoms with E-state index in [2.05, 4.69) is 5.32 Å². The molecule has 3 N–H and O–H groups in total. The summed E-state index contributed by atoms with van der Waals surface area (Å²) in [5.41, 5.74) is 7.47. The summed E-state index contributed by atoms with van der Waals surface area (Å²) in [6.07, 6.45) is 10.6. The molecule has 2 aliphatic rings. The van der Waals surface area contributed by atoms with Crippen LogP contribution in [0, 0.1) is 0 Å². The second-order valence-electron chi connectivity index (χ2n) is 7.20. The lowest BCUT2D eigenvalue weighted by Crippen LogP contribution is -2.32. The van der Waals surface area contributed by atoms with Gasteiger partial charge in [0.15, 0.2) is 0 Å². The van der Waals surface area contributed by atoms with E-state index >= 15 is 0 Å². The first kappa shape index (κ1) is 23.5. The van der Waals surface area contributed by atoms with Crippen molar-refractivity contribution < 1.29 is 33.5 Å². The number of rotatable bonds is 10. The Hall–Kier alpha value is -4.21. The van der Waals surface area contributed by atoms with Crippen molar-refractivity contribution in [3.8, 4) is 5.75 Å². The molecule has 33 heavy (non-hydrogen) atoms. The zero-order valence-corrected chi connectivity index (χ0v) is 17.7. The van der Waals surface area contributed by atoms with Gasteiger partial charge in [0, 0.05) is 18.4 Å². The van der Waals surface area contributed by atoms with E-state index in [0.717, 1.165) is 11.1 Å². The van der Waals surface area contributed by atoms with E-state index in [9.17, 15) is 24.0 Å². The highest BCUT2D eigenvalue weighted by Crippen LogP contribution is 2.31. The smallest absolute Gasteiger partial charge is 0.333 e. The van der Waals surface area contributed by atoms with Crippen LogP contribution in [0.4, 0.5) is 0 Å². The molecule has 10 nitrogen and oxygen atoms in total. The Balaban J connectivity index is 1.67. The molecule has 1 fully saturated rings. The number of primary amides is 1. The number of nitrogens with one attached hydrogen (secondary N) is 1. The summed E-state index contributed by atoms with van der Waals surface area (Å²) in [6.45, 7) is 0.190. The number of hydroxylamine groups is 2. The van der Waals surface area contributed by atoms with Gasteiger partial charge in [-0.15, -0.1) is 5.06 Å². The van der Waals surface area contributed by atoms with Crippen LogP contribution in [-0.2, 0) is 28.8 Å². The molecule has 0 unspecified atom stereocenters. The predicted molar refractivity (Wildman–Crippen MR) is 117 cm³/mol. The number of ether oxygens (including phenoxy) is 1. The molecule has 1 aliphatic carbocycles. The lowest BCUT2D eigenvalue weighted by molar-refractivity contribution is -0.197. The van der Waals surface area contributed by atoms with Gasteiger partial charge in [-0.05, 0) is 36.1 Å². The first-order chi connectivity index (χ1) is 15.9. The zero-order chi connectivity index (χ0) is 23.8. The van der Waals surface area contributed by atoms with Crippen LogP contribution in [0.15, 0.2) is 30.0 Å². The van der Waals surface area contributed by atoms with E-state index < -0.39 is 23.7 Å². The van der Waals surface area contributed by atoms with Crippen molar-refractivity contribution in [2.24, 2.45) is 5.73 Å². The van der Waals surface area contributed by atoms with Gasteiger partial charge in [-0.25, -0.2) is 4.79 Å². The van der Waals surface area contributed by atoms with Gasteiger partial charge in [-0.3, -0.25) is 19.2 Å². The molecule has 1 aromatic rings. The lowest BCUT2D eigenvalue weighted by atomic mass is 9.98. The number of hydrogen-bond donors (Lipinski definition) is 2. The summed E-state index contributed by atoms with van der Waals surface area (Å²) in [5, 5.41) is 2.81. The average Bonchev–Trinajstić information content (AvgIpc) is 2.97. The number of nitrogens with zero attached hydrogens (tertiary/aromatic N) is 1. The summed E-state index contributed by atoms with van der Waals surface area (Å²) in [5.74, 6) is -1.94. The fraction of sp³-hybridized carbons (Fsp3) is 0.261. The van der Waals surface area contributed by atoms with E-state index in [1.54, 1.807) is 12.1 Å². The molecule has 1 saturated heterocycles. The summed E-state index contributed by atoms with van der Waals surface area (Å²) in [7, 11) is 0. The number of imide groups is 1. The molecule has 1 aromatic carbocycles. The number of carbonyl (C=O) groups is 5. The molecule has 0 aromatic heterocycles. The van der Waals surface area contributed by atoms with Gasteiger partial charge < -0.3 is 20.6 Å². The molecule has 1 aliphatic heterocycles. The second kappa shape index (κ2) is 10.9. The van der Waals surface area contributed by atoms with Crippen LogP contribution in [0.25, 0.3) is 18.2 Å². The maximum Gasteiger partial charge on any atom is 0.333 e. The number of benzene rings is 1. The molecule has 0 spiro atoms. The van der Waals surface area contributed by atoms with Crippen molar-refractivity contribution in [3.63, 3.8) is 0 Å². The first-order valence-corrected chi connectivity index (χ1v) is 10.3. The molecule has 3 rings (SSSR count). The maximum absolute atomic E-state index is 11.9. The maximum atomic E-state index is 11.9. The third-order valence-corrected chi connectivity index (χ3v) is 4.88. The van der Waals surface area contributed by atoms with Crippen LogP contribution in [-0.4, -0.2) is 41.8 Å². The van der Waals surface area contributed by atoms with Crippen LogP contribution >= 0.6 is 0 Å². The second-order valence-corrected chi connectivity index (χ2v) is 7.20. The molecular formula is C23H23N3O7. The van der Waals surface area contributed by atoms with Crippen LogP contribution < -0.4 is 15.8 Å². The molecule has 0 radical (unpaired) electrons. The normalized spacial score (nSPS) is 15.2. The Bertz CT molecular complexity index is 1060. The summed E-state index contributed by atoms with van der Waals surface area (Å²) < 4.78 is 5.85. The molecule has 1 heterocycles. The van der Waals surface area contributed by atoms with E-state index in [4.69, 9.17) is 15.3 Å². The van der Waals surface area contributed by atoms with Crippen molar-refractivity contribution in [2.75, 3.05) is 6.61 Å². The fourth-order valence-electron chi connectivity index (χ4n) is 3.30. The minimum absolute atomic E-state index is 0.0326. The van der Waals surface area contributed by atoms with Gasteiger partial charge in [0.25, 0.3) is 17.7 Å². The minimum Gasteiger partial charge on any atom is -0.493 e. The molecule has 172 valence electrons. The standard InChI is InChI=1S/C23H23N3O7/c24-23(31)18(25-14-27)13-15-8-9-19(17-6-3-1-2-5-16(15)17)32-12-4-7-22(30)33-26-20(28)10-11-21(26)29/h2-3,5-6,8-9,13-14H,1,4,7,10-12H2,(H2,24,31)(H,25,27)/b18-13-. The number of fused-ring (bicyclic) bond motifs is 1. The van der Waals surface area contributed by atoms with E-state index in [0.29, 0.717) is 35.6 Å². The Morgan fingerprint density at radius 1 is 1.09 bits per heavy atom. The number of carbonyl (C=O) groups excluding carboxylic acids is 5. The van der Waals surface area contributed by atoms with Gasteiger partial charge in [-0.2, -0.15) is 0 Å². The Kier molecular flexibility index (Phi) is 7.74. The van der Waals surface area contributed by atoms with Crippen LogP contribution in [0.2, 0.25) is 0 Å². The van der Waals surface area contributed by atoms with Gasteiger partial charge in [0.1, 0.15) is 11.4 Å². The van der Waals surface area contributed by atoms with E-state index in [1.807, 2.05) is 24.3 Å². The van der Waals surface area contributed by atoms with Crippen LogP contribution in [0.5, 0.6) is 5.75 Å². The number of nitrogens with two attached hydrogens (primary N) is 1. The van der Waals surface area contributed by atoms with Crippen LogP contribution in [0.3, 0.4) is 0 Å². The van der Waals surface area contributed by atoms with Gasteiger partial charge >= 0.3 is 5.97 Å². The third-order valence-electron chi connectivity index (χ3n) is 4.88. The summed E-state index contributed by atoms with van der Waals surface area (Å²) in [4.78, 5) is 62.1. The molecule has 0 atom stereocenters. The van der Waals surface area contributed by atoms with Crippen LogP contribution in [0.1, 0.15) is 48.8 Å². The zero-order valence-electron chi connectivity index (χ0n) is 17.7. The number of amides is 4. The SMILES string of the molecule is NC(=O)/C(=C/c1ccc(OCCCC(=O)ON2C(=O)CCC2=O)c2c1C=CCC=C2)NC=O. The topological polar surface area (TPSA) is 145 Å². The summed E-state index contributed by atoms with van der Waals surface area (Å²) in [6, 6.07) is 3.44. The lowest BCUT2D eigenvalue weighted by Gasteiger charge is -2.15. The van der Waals surface area contributed by atoms with Crippen molar-refractivity contribution >= 4 is 48.3 Å². The first-order valence-electron chi connectivity index (χ1n) is 10.3. The average molecular weight is 453 g/mol. The van der Waals surface area contributed by atoms with Gasteiger partial charge in [0.05, 0.1) is 13.0 Å². The van der Waals surface area contributed by atoms with Gasteiger partial charge in [0.2, 0.25) is 6.41 Å². The Morgan fingerprint density at radius 3 is 2.45 bits per heavy atom. The molecule has 0 saturated carbocycles. The van der Waals surface area contributed by atoms with Crippen molar-refractivity contribution in [2.45, 2.75) is 32.1 Å². The fourth-order valence-corrected chi connectivity index (χ4v) is 3.30. The van der Waals surface area contributed by atoms with Gasteiger partial charge in [-0.1, -0.05) is 30.4 Å². The monoisotopic (exact) mass is 453 g/mol. The third kappa shape index (κ3) is 5.94. The van der Waals surface area contributed by atoms with Crippen molar-refractivity contribution in [3.05, 3.63) is 46.7 Å². The van der Waals surface area contributed by atoms with E-state index in [1.165, 1.54) is 6.08 Å². The molecule has 4 amide bonds. The molecule has 0 bridgehead atoms. The van der Waals surface area contributed by atoms with E-state index in [-0.39, 0.29) is 31.6 Å². The Morgan fingerprint density at radius 2 is 1.79 bits per heavy atom. The molecular weight excluding hydrogens is 430 g/mol. The molecule has 10 heteroatoms. The summed E-state index contributed by atoms with van der Waals surface area (Å²) >= 11 is 0. The van der Waals surface area contributed by atoms with Crippen molar-refractivity contribution in [1.29, 1.82) is 0 Å². The Labute approximate surface area is 189 Å². The van der Waals surface area contributed by atoms with Crippen molar-refractivity contribution in [1.82, 2.24) is 10.4 Å². The highest BCUT2D eigenvalue weighted by molar-refractivity contribution is 6.01. The predicted octanol–water partition coefficient (Wildman–Crippen LogP) is 1.46.